The molecule has 0 unspecified atom stereocenters. The molecule has 0 saturated heterocycles. The summed E-state index contributed by atoms with van der Waals surface area (Å²) in [6.07, 6.45) is 1.75. The van der Waals surface area contributed by atoms with E-state index in [1.165, 1.54) is 41.8 Å². The number of nitrogens with one attached hydrogen (secondary N) is 3. The van der Waals surface area contributed by atoms with Crippen molar-refractivity contribution in [1.29, 1.82) is 0 Å². The van der Waals surface area contributed by atoms with Crippen LogP contribution in [0.4, 0.5) is 16.5 Å². The lowest BCUT2D eigenvalue weighted by molar-refractivity contribution is -0.115. The molecule has 3 aromatic rings. The van der Waals surface area contributed by atoms with Crippen LogP contribution in [0, 0.1) is 0 Å². The standard InChI is InChI=1S/C18H14N4O4S2/c23-16-10-12-9-11(1-6-15(12)21-16)17(24)20-13-2-4-14(5-3-13)28(25,26)22-18-19-7-8-27-18/h1-9H,10H2,(H,19,22)(H,20,24)(H,21,23). The smallest absolute Gasteiger partial charge is 0.263 e. The molecule has 1 aliphatic heterocycles. The van der Waals surface area contributed by atoms with Crippen LogP contribution < -0.4 is 15.4 Å². The maximum absolute atomic E-state index is 12.4. The van der Waals surface area contributed by atoms with Crippen molar-refractivity contribution in [3.63, 3.8) is 0 Å². The van der Waals surface area contributed by atoms with Crippen molar-refractivity contribution in [3.8, 4) is 0 Å². The zero-order valence-corrected chi connectivity index (χ0v) is 15.9. The van der Waals surface area contributed by atoms with Gasteiger partial charge >= 0.3 is 0 Å². The molecule has 0 fully saturated rings. The van der Waals surface area contributed by atoms with Crippen molar-refractivity contribution >= 4 is 49.7 Å². The van der Waals surface area contributed by atoms with E-state index in [9.17, 15) is 18.0 Å². The number of sulfonamides is 1. The number of fused-ring (bicyclic) bond motifs is 1. The summed E-state index contributed by atoms with van der Waals surface area (Å²) in [5, 5.41) is 7.37. The first kappa shape index (κ1) is 18.1. The maximum Gasteiger partial charge on any atom is 0.263 e. The molecule has 0 aliphatic carbocycles. The molecule has 2 heterocycles. The zero-order valence-electron chi connectivity index (χ0n) is 14.3. The van der Waals surface area contributed by atoms with E-state index in [0.717, 1.165) is 5.56 Å². The Kier molecular flexibility index (Phi) is 4.57. The molecule has 142 valence electrons. The van der Waals surface area contributed by atoms with Gasteiger partial charge in [-0.15, -0.1) is 11.3 Å². The number of anilines is 3. The second-order valence-corrected chi connectivity index (χ2v) is 8.60. The van der Waals surface area contributed by atoms with Gasteiger partial charge in [-0.05, 0) is 48.0 Å². The third kappa shape index (κ3) is 3.73. The van der Waals surface area contributed by atoms with E-state index < -0.39 is 10.0 Å². The van der Waals surface area contributed by atoms with Crippen LogP contribution in [-0.4, -0.2) is 25.2 Å². The SMILES string of the molecule is O=C1Cc2cc(C(=O)Nc3ccc(S(=O)(=O)Nc4nccs4)cc3)ccc2N1. The Bertz CT molecular complexity index is 1160. The largest absolute Gasteiger partial charge is 0.326 e. The number of thiazole rings is 1. The maximum atomic E-state index is 12.4. The Morgan fingerprint density at radius 1 is 1.14 bits per heavy atom. The summed E-state index contributed by atoms with van der Waals surface area (Å²) >= 11 is 1.18. The fourth-order valence-corrected chi connectivity index (χ4v) is 4.53. The molecule has 0 atom stereocenters. The monoisotopic (exact) mass is 414 g/mol. The fourth-order valence-electron chi connectivity index (χ4n) is 2.74. The van der Waals surface area contributed by atoms with Gasteiger partial charge in [0.05, 0.1) is 11.3 Å². The molecule has 1 aromatic heterocycles. The van der Waals surface area contributed by atoms with Crippen molar-refractivity contribution in [3.05, 3.63) is 65.2 Å². The number of carbonyl (C=O) groups excluding carboxylic acids is 2. The van der Waals surface area contributed by atoms with Crippen LogP contribution >= 0.6 is 11.3 Å². The van der Waals surface area contributed by atoms with Crippen LogP contribution in [0.1, 0.15) is 15.9 Å². The average Bonchev–Trinajstić information content (AvgIpc) is 3.29. The van der Waals surface area contributed by atoms with E-state index in [4.69, 9.17) is 0 Å². The molecule has 2 aromatic carbocycles. The molecule has 3 N–H and O–H groups in total. The molecule has 8 nitrogen and oxygen atoms in total. The first-order valence-corrected chi connectivity index (χ1v) is 10.5. The highest BCUT2D eigenvalue weighted by Gasteiger charge is 2.19. The van der Waals surface area contributed by atoms with Gasteiger partial charge in [0.15, 0.2) is 5.13 Å². The minimum absolute atomic E-state index is 0.0582. The summed E-state index contributed by atoms with van der Waals surface area (Å²) in [4.78, 5) is 27.8. The Hall–Kier alpha value is -3.24. The van der Waals surface area contributed by atoms with Crippen LogP contribution in [0.3, 0.4) is 0 Å². The number of nitrogens with zero attached hydrogens (tertiary/aromatic N) is 1. The Morgan fingerprint density at radius 2 is 1.93 bits per heavy atom. The Morgan fingerprint density at radius 3 is 2.64 bits per heavy atom. The zero-order chi connectivity index (χ0) is 19.7. The molecule has 28 heavy (non-hydrogen) atoms. The predicted molar refractivity (Wildman–Crippen MR) is 106 cm³/mol. The van der Waals surface area contributed by atoms with E-state index in [0.29, 0.717) is 16.9 Å². The summed E-state index contributed by atoms with van der Waals surface area (Å²) in [5.74, 6) is -0.450. The Balaban J connectivity index is 1.47. The normalized spacial score (nSPS) is 12.9. The molecule has 0 spiro atoms. The number of hydrogen-bond donors (Lipinski definition) is 3. The highest BCUT2D eigenvalue weighted by Crippen LogP contribution is 2.25. The summed E-state index contributed by atoms with van der Waals surface area (Å²) in [6.45, 7) is 0. The van der Waals surface area contributed by atoms with Gasteiger partial charge < -0.3 is 10.6 Å². The van der Waals surface area contributed by atoms with Gasteiger partial charge in [-0.3, -0.25) is 14.3 Å². The summed E-state index contributed by atoms with van der Waals surface area (Å²) in [6, 6.07) is 10.8. The molecule has 0 radical (unpaired) electrons. The molecule has 10 heteroatoms. The minimum atomic E-state index is -3.75. The molecule has 0 bridgehead atoms. The predicted octanol–water partition coefficient (Wildman–Crippen LogP) is 2.69. The van der Waals surface area contributed by atoms with Gasteiger partial charge in [0.2, 0.25) is 5.91 Å². The molecule has 2 amide bonds. The van der Waals surface area contributed by atoms with Gasteiger partial charge in [0.1, 0.15) is 0 Å². The lowest BCUT2D eigenvalue weighted by Gasteiger charge is -2.09. The van der Waals surface area contributed by atoms with Crippen molar-refractivity contribution in [2.75, 3.05) is 15.4 Å². The number of rotatable bonds is 5. The summed E-state index contributed by atoms with van der Waals surface area (Å²) in [7, 11) is -3.75. The van der Waals surface area contributed by atoms with E-state index in [2.05, 4.69) is 20.3 Å². The summed E-state index contributed by atoms with van der Waals surface area (Å²) < 4.78 is 27.0. The number of carbonyl (C=O) groups is 2. The molecule has 1 aliphatic rings. The van der Waals surface area contributed by atoms with E-state index in [1.807, 2.05) is 0 Å². The van der Waals surface area contributed by atoms with Crippen LogP contribution in [0.15, 0.2) is 58.9 Å². The van der Waals surface area contributed by atoms with E-state index in [-0.39, 0.29) is 28.3 Å². The molecular weight excluding hydrogens is 400 g/mol. The highest BCUT2D eigenvalue weighted by atomic mass is 32.2. The van der Waals surface area contributed by atoms with Crippen LogP contribution in [0.25, 0.3) is 0 Å². The van der Waals surface area contributed by atoms with Gasteiger partial charge in [-0.1, -0.05) is 0 Å². The third-order valence-electron chi connectivity index (χ3n) is 4.07. The quantitative estimate of drug-likeness (QED) is 0.593. The molecule has 0 saturated carbocycles. The fraction of sp³-hybridized carbons (Fsp3) is 0.0556. The Labute approximate surface area is 164 Å². The molecular formula is C18H14N4O4S2. The van der Waals surface area contributed by atoms with Crippen LogP contribution in [0.5, 0.6) is 0 Å². The lowest BCUT2D eigenvalue weighted by Crippen LogP contribution is -2.14. The van der Waals surface area contributed by atoms with Gasteiger partial charge in [0.25, 0.3) is 15.9 Å². The number of benzene rings is 2. The van der Waals surface area contributed by atoms with E-state index >= 15 is 0 Å². The number of aromatic nitrogens is 1. The van der Waals surface area contributed by atoms with E-state index in [1.54, 1.807) is 23.6 Å². The molecule has 4 rings (SSSR count). The van der Waals surface area contributed by atoms with Crippen molar-refractivity contribution in [1.82, 2.24) is 4.98 Å². The number of amides is 2. The van der Waals surface area contributed by atoms with Gasteiger partial charge in [-0.25, -0.2) is 13.4 Å². The highest BCUT2D eigenvalue weighted by molar-refractivity contribution is 7.93. The first-order chi connectivity index (χ1) is 13.4. The average molecular weight is 414 g/mol. The van der Waals surface area contributed by atoms with Gasteiger partial charge in [-0.2, -0.15) is 0 Å². The lowest BCUT2D eigenvalue weighted by atomic mass is 10.1. The third-order valence-corrected chi connectivity index (χ3v) is 6.24. The second kappa shape index (κ2) is 7.06. The van der Waals surface area contributed by atoms with Crippen molar-refractivity contribution < 1.29 is 18.0 Å². The summed E-state index contributed by atoms with van der Waals surface area (Å²) in [5.41, 5.74) is 2.35. The second-order valence-electron chi connectivity index (χ2n) is 6.02. The van der Waals surface area contributed by atoms with Gasteiger partial charge in [0, 0.05) is 28.5 Å². The van der Waals surface area contributed by atoms with Crippen molar-refractivity contribution in [2.45, 2.75) is 11.3 Å². The van der Waals surface area contributed by atoms with Crippen LogP contribution in [0.2, 0.25) is 0 Å². The van der Waals surface area contributed by atoms with Crippen molar-refractivity contribution in [2.24, 2.45) is 0 Å². The number of hydrogen-bond acceptors (Lipinski definition) is 6. The first-order valence-electron chi connectivity index (χ1n) is 8.17. The minimum Gasteiger partial charge on any atom is -0.326 e. The van der Waals surface area contributed by atoms with Crippen LogP contribution in [-0.2, 0) is 21.2 Å². The topological polar surface area (TPSA) is 117 Å².